The molecule has 0 atom stereocenters. The van der Waals surface area contributed by atoms with E-state index in [-0.39, 0.29) is 11.8 Å². The lowest BCUT2D eigenvalue weighted by atomic mass is 10.1. The summed E-state index contributed by atoms with van der Waals surface area (Å²) in [6.45, 7) is 5.58. The highest BCUT2D eigenvalue weighted by Crippen LogP contribution is 2.22. The molecule has 0 aliphatic rings. The predicted molar refractivity (Wildman–Crippen MR) is 118 cm³/mol. The molecule has 4 N–H and O–H groups in total. The van der Waals surface area contributed by atoms with Crippen LogP contribution in [0.15, 0.2) is 48.5 Å². The minimum atomic E-state index is -0.289. The van der Waals surface area contributed by atoms with Crippen molar-refractivity contribution in [3.8, 4) is 0 Å². The highest BCUT2D eigenvalue weighted by Gasteiger charge is 2.15. The van der Waals surface area contributed by atoms with Gasteiger partial charge in [0.15, 0.2) is 0 Å². The number of carbonyl (C=O) groups is 2. The van der Waals surface area contributed by atoms with Crippen LogP contribution in [0, 0.1) is 0 Å². The predicted octanol–water partition coefficient (Wildman–Crippen LogP) is 2.90. The molecule has 8 heteroatoms. The van der Waals surface area contributed by atoms with Crippen LogP contribution in [0.1, 0.15) is 40.1 Å². The van der Waals surface area contributed by atoms with Gasteiger partial charge < -0.3 is 20.5 Å². The average molecular weight is 417 g/mol. The van der Waals surface area contributed by atoms with Crippen LogP contribution < -0.4 is 20.3 Å². The Kier molecular flexibility index (Phi) is 8.98. The van der Waals surface area contributed by atoms with E-state index in [2.05, 4.69) is 16.0 Å². The van der Waals surface area contributed by atoms with Crippen LogP contribution in [-0.4, -0.2) is 42.5 Å². The molecule has 29 heavy (non-hydrogen) atoms. The number of nitrogens with zero attached hydrogens (tertiary/aromatic N) is 1. The van der Waals surface area contributed by atoms with Gasteiger partial charge in [-0.15, -0.1) is 0 Å². The number of hydrogen-bond acceptors (Lipinski definition) is 6. The van der Waals surface area contributed by atoms with Crippen LogP contribution in [0.5, 0.6) is 0 Å². The zero-order chi connectivity index (χ0) is 21.2. The normalized spacial score (nSPS) is 10.7. The Labute approximate surface area is 176 Å². The molecule has 0 aliphatic carbocycles. The minimum Gasteiger partial charge on any atom is -0.351 e. The summed E-state index contributed by atoms with van der Waals surface area (Å²) < 4.78 is 10.8. The molecule has 2 rings (SSSR count). The Hall–Kier alpha value is -2.55. The van der Waals surface area contributed by atoms with E-state index in [9.17, 15) is 14.1 Å². The largest absolute Gasteiger partial charge is 0.351 e. The van der Waals surface area contributed by atoms with Crippen molar-refractivity contribution in [2.75, 3.05) is 24.4 Å². The molecular formula is C21H28N4O3S. The van der Waals surface area contributed by atoms with E-state index in [4.69, 9.17) is 0 Å². The molecule has 7 nitrogen and oxygen atoms in total. The lowest BCUT2D eigenvalue weighted by Crippen LogP contribution is -2.34. The number of amides is 2. The van der Waals surface area contributed by atoms with Gasteiger partial charge in [0.05, 0.1) is 5.69 Å². The van der Waals surface area contributed by atoms with E-state index in [1.807, 2.05) is 44.2 Å². The smallest absolute Gasteiger partial charge is 0.251 e. The molecular weight excluding hydrogens is 388 g/mol. The quantitative estimate of drug-likeness (QED) is 0.270. The fourth-order valence-corrected chi connectivity index (χ4v) is 2.82. The molecule has 0 radical (unpaired) electrons. The van der Waals surface area contributed by atoms with Gasteiger partial charge in [0.25, 0.3) is 11.8 Å². The molecule has 2 aromatic carbocycles. The van der Waals surface area contributed by atoms with Crippen LogP contribution in [0.25, 0.3) is 0 Å². The van der Waals surface area contributed by atoms with E-state index in [1.54, 1.807) is 25.2 Å². The Balaban J connectivity index is 2.12. The monoisotopic (exact) mass is 416 g/mol. The van der Waals surface area contributed by atoms with Crippen molar-refractivity contribution in [3.63, 3.8) is 0 Å². The highest BCUT2D eigenvalue weighted by atomic mass is 32.2. The summed E-state index contributed by atoms with van der Waals surface area (Å²) in [7, 11) is 1.65. The van der Waals surface area contributed by atoms with Gasteiger partial charge in [0.1, 0.15) is 12.2 Å². The van der Waals surface area contributed by atoms with Crippen molar-refractivity contribution in [1.29, 1.82) is 0 Å². The maximum atomic E-state index is 12.7. The van der Waals surface area contributed by atoms with Crippen LogP contribution >= 0.6 is 12.2 Å². The Bertz CT molecular complexity index is 815. The number of benzene rings is 2. The third-order valence-electron chi connectivity index (χ3n) is 4.19. The highest BCUT2D eigenvalue weighted by molar-refractivity contribution is 7.95. The second-order valence-corrected chi connectivity index (χ2v) is 7.59. The van der Waals surface area contributed by atoms with Crippen molar-refractivity contribution in [2.45, 2.75) is 26.4 Å². The Morgan fingerprint density at radius 2 is 1.62 bits per heavy atom. The number of rotatable bonds is 10. The van der Waals surface area contributed by atoms with Gasteiger partial charge in [-0.1, -0.05) is 44.2 Å². The minimum absolute atomic E-state index is 0.272. The first kappa shape index (κ1) is 22.7. The molecule has 0 fully saturated rings. The van der Waals surface area contributed by atoms with Gasteiger partial charge in [0, 0.05) is 43.9 Å². The van der Waals surface area contributed by atoms with Gasteiger partial charge in [-0.2, -0.15) is 0 Å². The molecule has 0 saturated carbocycles. The first-order valence-corrected chi connectivity index (χ1v) is 10.2. The van der Waals surface area contributed by atoms with Crippen LogP contribution in [0.3, 0.4) is 0 Å². The average Bonchev–Trinajstić information content (AvgIpc) is 2.74. The lowest BCUT2D eigenvalue weighted by molar-refractivity contribution is 0.0951. The number of hydrogen-bond donors (Lipinski definition) is 4. The van der Waals surface area contributed by atoms with Crippen molar-refractivity contribution < 1.29 is 14.1 Å². The Morgan fingerprint density at radius 3 is 2.21 bits per heavy atom. The summed E-state index contributed by atoms with van der Waals surface area (Å²) in [5, 5.41) is 8.93. The summed E-state index contributed by atoms with van der Waals surface area (Å²) in [5.74, 6) is -0.562. The third-order valence-corrected chi connectivity index (χ3v) is 4.64. The fourth-order valence-electron chi connectivity index (χ4n) is 2.62. The third kappa shape index (κ3) is 7.41. The van der Waals surface area contributed by atoms with Gasteiger partial charge in [0.2, 0.25) is 0 Å². The lowest BCUT2D eigenvalue weighted by Gasteiger charge is -2.17. The van der Waals surface area contributed by atoms with Crippen molar-refractivity contribution in [1.82, 2.24) is 16.0 Å². The summed E-state index contributed by atoms with van der Waals surface area (Å²) in [5.41, 5.74) is 2.24. The van der Waals surface area contributed by atoms with Gasteiger partial charge >= 0.3 is 0 Å². The molecule has 0 unspecified atom stereocenters. The van der Waals surface area contributed by atoms with E-state index in [0.29, 0.717) is 54.7 Å². The second kappa shape index (κ2) is 11.5. The maximum Gasteiger partial charge on any atom is 0.251 e. The molecule has 0 aromatic heterocycles. The molecule has 0 spiro atoms. The van der Waals surface area contributed by atoms with Crippen molar-refractivity contribution in [2.24, 2.45) is 0 Å². The zero-order valence-corrected chi connectivity index (χ0v) is 17.8. The molecule has 2 amide bonds. The standard InChI is InChI=1S/C21H28N4O3S/c1-15(2)22-9-10-23-20(26)17-11-18(13-19(12-17)25(3)29-28)21(27)24-14-16-7-5-4-6-8-16/h4-8,11-13,15,22,28H,9-10,14H2,1-3H3,(H,23,26)(H,24,27). The zero-order valence-electron chi connectivity index (χ0n) is 16.9. The molecule has 0 saturated heterocycles. The topological polar surface area (TPSA) is 93.7 Å². The summed E-state index contributed by atoms with van der Waals surface area (Å²) >= 11 is 0.514. The first-order chi connectivity index (χ1) is 13.9. The van der Waals surface area contributed by atoms with Gasteiger partial charge in [-0.25, -0.2) is 0 Å². The molecule has 0 heterocycles. The van der Waals surface area contributed by atoms with E-state index in [1.165, 1.54) is 4.31 Å². The summed E-state index contributed by atoms with van der Waals surface area (Å²) in [6, 6.07) is 14.8. The van der Waals surface area contributed by atoms with E-state index in [0.717, 1.165) is 5.56 Å². The number of anilines is 1. The maximum absolute atomic E-state index is 12.7. The first-order valence-electron chi connectivity index (χ1n) is 9.44. The van der Waals surface area contributed by atoms with Crippen molar-refractivity contribution in [3.05, 3.63) is 65.2 Å². The fraction of sp³-hybridized carbons (Fsp3) is 0.333. The summed E-state index contributed by atoms with van der Waals surface area (Å²) in [4.78, 5) is 25.2. The number of carbonyl (C=O) groups excluding carboxylic acids is 2. The number of nitrogens with one attached hydrogen (secondary N) is 3. The molecule has 0 aliphatic heterocycles. The molecule has 156 valence electrons. The van der Waals surface area contributed by atoms with Crippen LogP contribution in [0.2, 0.25) is 0 Å². The van der Waals surface area contributed by atoms with Gasteiger partial charge in [-0.05, 0) is 23.8 Å². The van der Waals surface area contributed by atoms with E-state index < -0.39 is 0 Å². The Morgan fingerprint density at radius 1 is 1.00 bits per heavy atom. The van der Waals surface area contributed by atoms with Crippen molar-refractivity contribution >= 4 is 29.7 Å². The van der Waals surface area contributed by atoms with Crippen LogP contribution in [0.4, 0.5) is 5.69 Å². The van der Waals surface area contributed by atoms with Gasteiger partial charge in [-0.3, -0.25) is 13.9 Å². The molecule has 0 bridgehead atoms. The summed E-state index contributed by atoms with van der Waals surface area (Å²) in [6.07, 6.45) is 0. The van der Waals surface area contributed by atoms with Crippen LogP contribution in [-0.2, 0) is 6.54 Å². The molecule has 2 aromatic rings. The SMILES string of the molecule is CC(C)NCCNC(=O)c1cc(C(=O)NCc2ccccc2)cc(N(C)SO)c1. The second-order valence-electron chi connectivity index (χ2n) is 6.88. The van der Waals surface area contributed by atoms with E-state index >= 15 is 0 Å².